The van der Waals surface area contributed by atoms with Crippen LogP contribution in [0.2, 0.25) is 0 Å². The zero-order valence-corrected chi connectivity index (χ0v) is 21.7. The second-order valence-corrected chi connectivity index (χ2v) is 10.8. The van der Waals surface area contributed by atoms with Crippen LogP contribution in [0.5, 0.6) is 0 Å². The maximum atomic E-state index is 13.6. The van der Waals surface area contributed by atoms with Crippen molar-refractivity contribution in [1.29, 1.82) is 0 Å². The van der Waals surface area contributed by atoms with Crippen LogP contribution in [0.1, 0.15) is 11.6 Å². The van der Waals surface area contributed by atoms with Crippen LogP contribution in [0.4, 0.5) is 30.7 Å². The van der Waals surface area contributed by atoms with E-state index in [4.69, 9.17) is 0 Å². The number of nitrogens with zero attached hydrogens (tertiary/aromatic N) is 5. The SMILES string of the molecule is O=S(=O)(/N=c1/scc(-c2ccccc2)n1-c1ccc(F)cc1)c1ccc(-n2c(C(F)(F)F)nnc2C(F)(F)F)cc1. The minimum Gasteiger partial charge on any atom is -0.284 e. The molecule has 2 aromatic heterocycles. The van der Waals surface area contributed by atoms with Gasteiger partial charge in [-0.05, 0) is 54.1 Å². The Kier molecular flexibility index (Phi) is 7.07. The fraction of sp³-hybridized carbons (Fsp3) is 0.0800. The number of rotatable bonds is 5. The fourth-order valence-electron chi connectivity index (χ4n) is 3.84. The molecule has 5 aromatic rings. The summed E-state index contributed by atoms with van der Waals surface area (Å²) in [6.07, 6.45) is -10.6. The van der Waals surface area contributed by atoms with Crippen molar-refractivity contribution in [3.8, 4) is 22.6 Å². The van der Waals surface area contributed by atoms with Gasteiger partial charge < -0.3 is 0 Å². The highest BCUT2D eigenvalue weighted by Gasteiger charge is 2.45. The molecule has 0 aliphatic heterocycles. The number of hydrogen-bond donors (Lipinski definition) is 0. The van der Waals surface area contributed by atoms with Crippen LogP contribution in [0.25, 0.3) is 22.6 Å². The summed E-state index contributed by atoms with van der Waals surface area (Å²) in [6.45, 7) is 0. The van der Waals surface area contributed by atoms with Crippen LogP contribution in [-0.2, 0) is 22.4 Å². The molecule has 41 heavy (non-hydrogen) atoms. The van der Waals surface area contributed by atoms with E-state index in [0.717, 1.165) is 35.6 Å². The summed E-state index contributed by atoms with van der Waals surface area (Å²) in [7, 11) is -4.53. The van der Waals surface area contributed by atoms with Gasteiger partial charge in [0.1, 0.15) is 5.82 Å². The number of thiazole rings is 1. The molecule has 0 spiro atoms. The van der Waals surface area contributed by atoms with Crippen LogP contribution in [0.3, 0.4) is 0 Å². The van der Waals surface area contributed by atoms with E-state index in [1.165, 1.54) is 28.8 Å². The van der Waals surface area contributed by atoms with E-state index >= 15 is 0 Å². The molecule has 0 saturated carbocycles. The van der Waals surface area contributed by atoms with Gasteiger partial charge in [0.05, 0.1) is 10.6 Å². The highest BCUT2D eigenvalue weighted by molar-refractivity contribution is 7.90. The van der Waals surface area contributed by atoms with Crippen molar-refractivity contribution in [3.05, 3.63) is 107 Å². The van der Waals surface area contributed by atoms with Crippen LogP contribution < -0.4 is 4.80 Å². The molecule has 0 fully saturated rings. The predicted octanol–water partition coefficient (Wildman–Crippen LogP) is 6.25. The standard InChI is InChI=1S/C25H14F7N5O2S2/c26-16-6-8-17(9-7-16)36-20(15-4-2-1-3-5-15)14-40-23(36)35-41(38,39)19-12-10-18(11-13-19)37-21(24(27,28)29)33-34-22(37)25(30,31)32/h1-14H/b35-23+. The smallest absolute Gasteiger partial charge is 0.284 e. The third-order valence-electron chi connectivity index (χ3n) is 5.62. The largest absolute Gasteiger partial charge is 0.452 e. The first-order valence-corrected chi connectivity index (χ1v) is 13.6. The molecule has 3 aromatic carbocycles. The second-order valence-electron chi connectivity index (χ2n) is 8.32. The van der Waals surface area contributed by atoms with E-state index in [1.54, 1.807) is 35.7 Å². The molecule has 5 rings (SSSR count). The molecule has 2 heterocycles. The van der Waals surface area contributed by atoms with Crippen molar-refractivity contribution in [1.82, 2.24) is 19.3 Å². The third-order valence-corrected chi connectivity index (χ3v) is 7.85. The Balaban J connectivity index is 1.61. The van der Waals surface area contributed by atoms with Gasteiger partial charge in [-0.25, -0.2) is 4.39 Å². The lowest BCUT2D eigenvalue weighted by Crippen LogP contribution is -2.19. The lowest BCUT2D eigenvalue weighted by Gasteiger charge is -2.13. The zero-order valence-electron chi connectivity index (χ0n) is 20.1. The third kappa shape index (κ3) is 5.65. The van der Waals surface area contributed by atoms with Gasteiger partial charge >= 0.3 is 12.4 Å². The van der Waals surface area contributed by atoms with Gasteiger partial charge in [0, 0.05) is 16.8 Å². The summed E-state index contributed by atoms with van der Waals surface area (Å²) < 4.78 is 125. The van der Waals surface area contributed by atoms with Crippen LogP contribution >= 0.6 is 11.3 Å². The van der Waals surface area contributed by atoms with Gasteiger partial charge in [0.15, 0.2) is 0 Å². The summed E-state index contributed by atoms with van der Waals surface area (Å²) in [6, 6.07) is 17.2. The Hall–Kier alpha value is -4.31. The quantitative estimate of drug-likeness (QED) is 0.220. The zero-order chi connectivity index (χ0) is 29.6. The maximum absolute atomic E-state index is 13.6. The Morgan fingerprint density at radius 1 is 0.707 bits per heavy atom. The van der Waals surface area contributed by atoms with Crippen molar-refractivity contribution in [2.45, 2.75) is 17.2 Å². The predicted molar refractivity (Wildman–Crippen MR) is 133 cm³/mol. The van der Waals surface area contributed by atoms with Gasteiger partial charge in [-0.1, -0.05) is 30.3 Å². The summed E-state index contributed by atoms with van der Waals surface area (Å²) in [5.41, 5.74) is 0.963. The van der Waals surface area contributed by atoms with Gasteiger partial charge in [0.2, 0.25) is 16.5 Å². The van der Waals surface area contributed by atoms with E-state index < -0.39 is 50.4 Å². The van der Waals surface area contributed by atoms with Crippen LogP contribution in [0, 0.1) is 5.82 Å². The molecular formula is C25H14F7N5O2S2. The first kappa shape index (κ1) is 28.2. The Labute approximate surface area is 230 Å². The van der Waals surface area contributed by atoms with Crippen LogP contribution in [0.15, 0.2) is 93.5 Å². The minimum atomic E-state index is -5.28. The van der Waals surface area contributed by atoms with Crippen molar-refractivity contribution in [2.75, 3.05) is 0 Å². The lowest BCUT2D eigenvalue weighted by molar-refractivity contribution is -0.153. The van der Waals surface area contributed by atoms with Crippen molar-refractivity contribution < 1.29 is 39.2 Å². The summed E-state index contributed by atoms with van der Waals surface area (Å²) in [5.74, 6) is -4.39. The molecular weight excluding hydrogens is 599 g/mol. The Morgan fingerprint density at radius 3 is 1.76 bits per heavy atom. The van der Waals surface area contributed by atoms with E-state index in [1.807, 2.05) is 0 Å². The van der Waals surface area contributed by atoms with E-state index in [2.05, 4.69) is 14.6 Å². The van der Waals surface area contributed by atoms with E-state index in [0.29, 0.717) is 16.9 Å². The normalized spacial score (nSPS) is 13.1. The number of benzene rings is 3. The average molecular weight is 614 g/mol. The number of aromatic nitrogens is 4. The maximum Gasteiger partial charge on any atom is 0.452 e. The molecule has 7 nitrogen and oxygen atoms in total. The molecule has 0 atom stereocenters. The number of hydrogen-bond acceptors (Lipinski definition) is 5. The molecule has 0 unspecified atom stereocenters. The second kappa shape index (κ2) is 10.3. The summed E-state index contributed by atoms with van der Waals surface area (Å²) in [4.78, 5) is -0.547. The molecule has 0 aliphatic carbocycles. The summed E-state index contributed by atoms with van der Waals surface area (Å²) in [5, 5.41) is 6.91. The molecule has 0 saturated heterocycles. The van der Waals surface area contributed by atoms with Crippen molar-refractivity contribution in [2.24, 2.45) is 4.40 Å². The van der Waals surface area contributed by atoms with Gasteiger partial charge in [-0.2, -0.15) is 34.8 Å². The molecule has 0 aliphatic rings. The number of alkyl halides is 6. The molecule has 0 amide bonds. The molecule has 0 bridgehead atoms. The van der Waals surface area contributed by atoms with Gasteiger partial charge in [0.25, 0.3) is 10.0 Å². The van der Waals surface area contributed by atoms with E-state index in [-0.39, 0.29) is 9.37 Å². The molecule has 212 valence electrons. The first-order valence-electron chi connectivity index (χ1n) is 11.3. The Morgan fingerprint density at radius 2 is 1.22 bits per heavy atom. The molecule has 0 radical (unpaired) electrons. The molecule has 0 N–H and O–H groups in total. The average Bonchev–Trinajstić information content (AvgIpc) is 3.55. The fourth-order valence-corrected chi connectivity index (χ4v) is 5.95. The van der Waals surface area contributed by atoms with Crippen molar-refractivity contribution >= 4 is 21.4 Å². The van der Waals surface area contributed by atoms with Gasteiger partial charge in [-0.3, -0.25) is 9.13 Å². The Bertz CT molecular complexity index is 1840. The minimum absolute atomic E-state index is 0.0444. The topological polar surface area (TPSA) is 82.1 Å². The first-order chi connectivity index (χ1) is 19.3. The number of sulfonamides is 1. The highest BCUT2D eigenvalue weighted by atomic mass is 32.2. The lowest BCUT2D eigenvalue weighted by atomic mass is 10.1. The van der Waals surface area contributed by atoms with Crippen molar-refractivity contribution in [3.63, 3.8) is 0 Å². The van der Waals surface area contributed by atoms with Crippen LogP contribution in [-0.4, -0.2) is 27.7 Å². The van der Waals surface area contributed by atoms with Gasteiger partial charge in [-0.15, -0.1) is 25.9 Å². The summed E-state index contributed by atoms with van der Waals surface area (Å²) >= 11 is 0.955. The van der Waals surface area contributed by atoms with E-state index in [9.17, 15) is 39.2 Å². The number of halogens is 7. The molecule has 16 heteroatoms. The monoisotopic (exact) mass is 613 g/mol. The highest BCUT2D eigenvalue weighted by Crippen LogP contribution is 2.36.